The van der Waals surface area contributed by atoms with E-state index in [0.717, 1.165) is 25.2 Å². The molecule has 0 amide bonds. The van der Waals surface area contributed by atoms with Crippen LogP contribution in [0.15, 0.2) is 48.5 Å². The molecule has 3 N–H and O–H groups in total. The van der Waals surface area contributed by atoms with Gasteiger partial charge in [0.15, 0.2) is 0 Å². The van der Waals surface area contributed by atoms with Gasteiger partial charge in [-0.15, -0.1) is 0 Å². The summed E-state index contributed by atoms with van der Waals surface area (Å²) in [6, 6.07) is 16.7. The molecule has 2 aromatic carbocycles. The molecule has 94 valence electrons. The predicted octanol–water partition coefficient (Wildman–Crippen LogP) is 3.12. The van der Waals surface area contributed by atoms with Crippen LogP contribution in [0.4, 0.5) is 5.69 Å². The van der Waals surface area contributed by atoms with E-state index in [9.17, 15) is 0 Å². The van der Waals surface area contributed by atoms with Crippen LogP contribution < -0.4 is 11.1 Å². The Morgan fingerprint density at radius 2 is 1.56 bits per heavy atom. The number of hydrogen-bond donors (Lipinski definition) is 2. The first kappa shape index (κ1) is 12.7. The zero-order valence-corrected chi connectivity index (χ0v) is 10.8. The molecular formula is C16H20N2. The second-order valence-electron chi connectivity index (χ2n) is 4.52. The summed E-state index contributed by atoms with van der Waals surface area (Å²) in [5.41, 5.74) is 10.5. The lowest BCUT2D eigenvalue weighted by molar-refractivity contribution is 0.693. The van der Waals surface area contributed by atoms with Crippen LogP contribution in [0.5, 0.6) is 0 Å². The molecule has 0 atom stereocenters. The van der Waals surface area contributed by atoms with Crippen LogP contribution in [0.2, 0.25) is 0 Å². The van der Waals surface area contributed by atoms with Crippen molar-refractivity contribution in [1.82, 2.24) is 5.32 Å². The van der Waals surface area contributed by atoms with Gasteiger partial charge in [0.25, 0.3) is 0 Å². The highest BCUT2D eigenvalue weighted by Crippen LogP contribution is 2.07. The molecule has 0 saturated heterocycles. The molecule has 2 rings (SSSR count). The number of aryl methyl sites for hydroxylation is 1. The molecule has 0 unspecified atom stereocenters. The third-order valence-electron chi connectivity index (χ3n) is 3.04. The minimum absolute atomic E-state index is 0.821. The molecule has 0 radical (unpaired) electrons. The predicted molar refractivity (Wildman–Crippen MR) is 77.2 cm³/mol. The maximum Gasteiger partial charge on any atom is 0.0317 e. The van der Waals surface area contributed by atoms with Gasteiger partial charge >= 0.3 is 0 Å². The number of nitrogens with one attached hydrogen (secondary N) is 1. The number of nitrogen functional groups attached to an aromatic ring is 1. The third-order valence-corrected chi connectivity index (χ3v) is 3.04. The molecule has 2 nitrogen and oxygen atoms in total. The highest BCUT2D eigenvalue weighted by molar-refractivity contribution is 5.40. The van der Waals surface area contributed by atoms with Crippen molar-refractivity contribution in [1.29, 1.82) is 0 Å². The first-order chi connectivity index (χ1) is 8.78. The number of hydrogen-bond acceptors (Lipinski definition) is 2. The van der Waals surface area contributed by atoms with E-state index in [1.54, 1.807) is 0 Å². The minimum Gasteiger partial charge on any atom is -0.399 e. The van der Waals surface area contributed by atoms with E-state index >= 15 is 0 Å². The number of rotatable bonds is 5. The second kappa shape index (κ2) is 6.22. The molecule has 0 aromatic heterocycles. The van der Waals surface area contributed by atoms with Gasteiger partial charge in [0.2, 0.25) is 0 Å². The Morgan fingerprint density at radius 3 is 2.22 bits per heavy atom. The Balaban J connectivity index is 1.84. The van der Waals surface area contributed by atoms with E-state index in [0.29, 0.717) is 0 Å². The van der Waals surface area contributed by atoms with E-state index in [1.165, 1.54) is 16.7 Å². The van der Waals surface area contributed by atoms with Crippen LogP contribution in [0.3, 0.4) is 0 Å². The maximum absolute atomic E-state index is 5.75. The highest BCUT2D eigenvalue weighted by Gasteiger charge is 1.95. The number of anilines is 1. The van der Waals surface area contributed by atoms with Crippen LogP contribution in [0.1, 0.15) is 23.6 Å². The smallest absolute Gasteiger partial charge is 0.0317 e. The van der Waals surface area contributed by atoms with E-state index < -0.39 is 0 Å². The summed E-state index contributed by atoms with van der Waals surface area (Å²) in [4.78, 5) is 0. The fourth-order valence-corrected chi connectivity index (χ4v) is 1.95. The lowest BCUT2D eigenvalue weighted by Gasteiger charge is -2.06. The Bertz CT molecular complexity index is 489. The standard InChI is InChI=1S/C16H20N2/c1-2-13-6-8-14(9-7-13)11-18-12-15-4-3-5-16(17)10-15/h3-10,18H,2,11-12,17H2,1H3. The molecular weight excluding hydrogens is 220 g/mol. The van der Waals surface area contributed by atoms with E-state index in [2.05, 4.69) is 42.6 Å². The molecule has 18 heavy (non-hydrogen) atoms. The third kappa shape index (κ3) is 3.60. The molecule has 0 saturated carbocycles. The van der Waals surface area contributed by atoms with Crippen molar-refractivity contribution in [2.45, 2.75) is 26.4 Å². The summed E-state index contributed by atoms with van der Waals surface area (Å²) in [7, 11) is 0. The molecule has 0 aliphatic heterocycles. The lowest BCUT2D eigenvalue weighted by Crippen LogP contribution is -2.12. The second-order valence-corrected chi connectivity index (χ2v) is 4.52. The Labute approximate surface area is 109 Å². The molecule has 0 aliphatic rings. The molecule has 0 bridgehead atoms. The van der Waals surface area contributed by atoms with E-state index in [-0.39, 0.29) is 0 Å². The van der Waals surface area contributed by atoms with Crippen LogP contribution in [0.25, 0.3) is 0 Å². The molecule has 0 heterocycles. The van der Waals surface area contributed by atoms with E-state index in [1.807, 2.05) is 18.2 Å². The van der Waals surface area contributed by atoms with Crippen molar-refractivity contribution >= 4 is 5.69 Å². The molecule has 0 aliphatic carbocycles. The summed E-state index contributed by atoms with van der Waals surface area (Å²) in [5.74, 6) is 0. The van der Waals surface area contributed by atoms with E-state index in [4.69, 9.17) is 5.73 Å². The fourth-order valence-electron chi connectivity index (χ4n) is 1.95. The van der Waals surface area contributed by atoms with Gasteiger partial charge in [-0.25, -0.2) is 0 Å². The van der Waals surface area contributed by atoms with Gasteiger partial charge in [0.05, 0.1) is 0 Å². The molecule has 0 fully saturated rings. The van der Waals surface area contributed by atoms with Crippen LogP contribution in [-0.4, -0.2) is 0 Å². The van der Waals surface area contributed by atoms with Crippen molar-refractivity contribution in [2.75, 3.05) is 5.73 Å². The normalized spacial score (nSPS) is 10.5. The summed E-state index contributed by atoms with van der Waals surface area (Å²) >= 11 is 0. The SMILES string of the molecule is CCc1ccc(CNCc2cccc(N)c2)cc1. The van der Waals surface area contributed by atoms with Gasteiger partial charge in [-0.05, 0) is 35.2 Å². The van der Waals surface area contributed by atoms with Crippen LogP contribution >= 0.6 is 0 Å². The van der Waals surface area contributed by atoms with Gasteiger partial charge in [-0.1, -0.05) is 43.3 Å². The van der Waals surface area contributed by atoms with Gasteiger partial charge < -0.3 is 11.1 Å². The van der Waals surface area contributed by atoms with Gasteiger partial charge in [-0.3, -0.25) is 0 Å². The summed E-state index contributed by atoms with van der Waals surface area (Å²) < 4.78 is 0. The quantitative estimate of drug-likeness (QED) is 0.788. The van der Waals surface area contributed by atoms with Gasteiger partial charge in [0.1, 0.15) is 0 Å². The lowest BCUT2D eigenvalue weighted by atomic mass is 10.1. The summed E-state index contributed by atoms with van der Waals surface area (Å²) in [5, 5.41) is 3.43. The van der Waals surface area contributed by atoms with Crippen LogP contribution in [-0.2, 0) is 19.5 Å². The average molecular weight is 240 g/mol. The van der Waals surface area contributed by atoms with Crippen molar-refractivity contribution in [3.63, 3.8) is 0 Å². The highest BCUT2D eigenvalue weighted by atomic mass is 14.8. The maximum atomic E-state index is 5.75. The zero-order valence-electron chi connectivity index (χ0n) is 10.8. The van der Waals surface area contributed by atoms with Crippen molar-refractivity contribution in [3.8, 4) is 0 Å². The average Bonchev–Trinajstić information content (AvgIpc) is 2.40. The van der Waals surface area contributed by atoms with Crippen molar-refractivity contribution in [3.05, 3.63) is 65.2 Å². The largest absolute Gasteiger partial charge is 0.399 e. The first-order valence-electron chi connectivity index (χ1n) is 6.41. The van der Waals surface area contributed by atoms with Crippen molar-refractivity contribution in [2.24, 2.45) is 0 Å². The Kier molecular flexibility index (Phi) is 4.37. The minimum atomic E-state index is 0.821. The molecule has 0 spiro atoms. The van der Waals surface area contributed by atoms with Gasteiger partial charge in [0, 0.05) is 18.8 Å². The molecule has 2 aromatic rings. The zero-order chi connectivity index (χ0) is 12.8. The number of benzene rings is 2. The topological polar surface area (TPSA) is 38.0 Å². The summed E-state index contributed by atoms with van der Waals surface area (Å²) in [6.45, 7) is 3.91. The first-order valence-corrected chi connectivity index (χ1v) is 6.41. The summed E-state index contributed by atoms with van der Waals surface area (Å²) in [6.07, 6.45) is 1.09. The monoisotopic (exact) mass is 240 g/mol. The van der Waals surface area contributed by atoms with Gasteiger partial charge in [-0.2, -0.15) is 0 Å². The van der Waals surface area contributed by atoms with Crippen LogP contribution in [0, 0.1) is 0 Å². The van der Waals surface area contributed by atoms with Crippen molar-refractivity contribution < 1.29 is 0 Å². The Hall–Kier alpha value is -1.80. The Morgan fingerprint density at radius 1 is 0.889 bits per heavy atom. The molecule has 2 heteroatoms. The number of nitrogens with two attached hydrogens (primary N) is 1. The fraction of sp³-hybridized carbons (Fsp3) is 0.250.